The molecule has 2 saturated heterocycles. The number of nitrogens with zero attached hydrogens (tertiary/aromatic N) is 2. The van der Waals surface area contributed by atoms with E-state index in [1.807, 2.05) is 0 Å². The molecule has 8 heteroatoms. The molecular weight excluding hydrogens is 310 g/mol. The molecule has 0 aromatic carbocycles. The summed E-state index contributed by atoms with van der Waals surface area (Å²) in [4.78, 5) is 3.63. The van der Waals surface area contributed by atoms with Crippen LogP contribution in [0.15, 0.2) is 16.3 Å². The van der Waals surface area contributed by atoms with Gasteiger partial charge in [-0.05, 0) is 12.5 Å². The number of ether oxygens (including phenoxy) is 1. The highest BCUT2D eigenvalue weighted by molar-refractivity contribution is 7.89. The van der Waals surface area contributed by atoms with Gasteiger partial charge in [-0.2, -0.15) is 4.31 Å². The minimum absolute atomic E-state index is 0.316. The van der Waals surface area contributed by atoms with Crippen LogP contribution >= 0.6 is 11.3 Å². The van der Waals surface area contributed by atoms with Crippen LogP contribution < -0.4 is 5.73 Å². The van der Waals surface area contributed by atoms with Crippen LogP contribution in [0.4, 0.5) is 0 Å². The largest absolute Gasteiger partial charge is 0.379 e. The van der Waals surface area contributed by atoms with E-state index in [4.69, 9.17) is 10.5 Å². The molecule has 3 heterocycles. The zero-order valence-corrected chi connectivity index (χ0v) is 13.5. The van der Waals surface area contributed by atoms with Gasteiger partial charge in [0.1, 0.15) is 0 Å². The maximum Gasteiger partial charge on any atom is 0.243 e. The fourth-order valence-electron chi connectivity index (χ4n) is 2.92. The van der Waals surface area contributed by atoms with E-state index >= 15 is 0 Å². The lowest BCUT2D eigenvalue weighted by Crippen LogP contribution is -2.45. The molecule has 0 amide bonds. The van der Waals surface area contributed by atoms with Crippen molar-refractivity contribution in [1.29, 1.82) is 0 Å². The molecule has 0 spiro atoms. The van der Waals surface area contributed by atoms with E-state index in [9.17, 15) is 8.42 Å². The van der Waals surface area contributed by atoms with Crippen LogP contribution in [-0.2, 0) is 21.3 Å². The van der Waals surface area contributed by atoms with Crippen molar-refractivity contribution < 1.29 is 13.2 Å². The molecule has 21 heavy (non-hydrogen) atoms. The number of thiophene rings is 1. The lowest BCUT2D eigenvalue weighted by molar-refractivity contribution is 0.0197. The highest BCUT2D eigenvalue weighted by Gasteiger charge is 2.35. The third kappa shape index (κ3) is 3.15. The normalized spacial score (nSPS) is 25.5. The molecule has 2 fully saturated rings. The van der Waals surface area contributed by atoms with Crippen molar-refractivity contribution >= 4 is 21.4 Å². The Hall–Kier alpha value is -0.510. The Bertz CT molecular complexity index is 581. The number of sulfonamides is 1. The van der Waals surface area contributed by atoms with Crippen LogP contribution in [0.5, 0.6) is 0 Å². The second-order valence-electron chi connectivity index (χ2n) is 5.41. The Morgan fingerprint density at radius 3 is 2.76 bits per heavy atom. The molecule has 2 aliphatic heterocycles. The lowest BCUT2D eigenvalue weighted by Gasteiger charge is -2.32. The first-order chi connectivity index (χ1) is 10.1. The molecule has 0 saturated carbocycles. The molecule has 1 aromatic heterocycles. The Morgan fingerprint density at radius 2 is 2.10 bits per heavy atom. The van der Waals surface area contributed by atoms with E-state index in [-0.39, 0.29) is 0 Å². The molecule has 0 bridgehead atoms. The minimum atomic E-state index is -3.37. The molecule has 1 aromatic rings. The number of hydrogen-bond acceptors (Lipinski definition) is 6. The van der Waals surface area contributed by atoms with Gasteiger partial charge < -0.3 is 10.5 Å². The van der Waals surface area contributed by atoms with Crippen LogP contribution in [0.1, 0.15) is 11.3 Å². The van der Waals surface area contributed by atoms with E-state index in [1.165, 1.54) is 11.3 Å². The van der Waals surface area contributed by atoms with Crippen molar-refractivity contribution in [3.63, 3.8) is 0 Å². The predicted molar refractivity (Wildman–Crippen MR) is 81.8 cm³/mol. The van der Waals surface area contributed by atoms with Gasteiger partial charge in [0.2, 0.25) is 10.0 Å². The van der Waals surface area contributed by atoms with Crippen molar-refractivity contribution in [3.05, 3.63) is 16.3 Å². The third-order valence-electron chi connectivity index (χ3n) is 4.16. The Labute approximate surface area is 129 Å². The third-order valence-corrected chi connectivity index (χ3v) is 7.11. The monoisotopic (exact) mass is 331 g/mol. The van der Waals surface area contributed by atoms with Crippen molar-refractivity contribution in [2.75, 3.05) is 39.4 Å². The van der Waals surface area contributed by atoms with Gasteiger partial charge in [-0.15, -0.1) is 11.3 Å². The lowest BCUT2D eigenvalue weighted by atomic mass is 10.2. The average Bonchev–Trinajstić information content (AvgIpc) is 3.18. The molecule has 0 radical (unpaired) electrons. The molecule has 2 N–H and O–H groups in total. The quantitative estimate of drug-likeness (QED) is 0.859. The molecule has 6 nitrogen and oxygen atoms in total. The predicted octanol–water partition coefficient (Wildman–Crippen LogP) is 0.302. The van der Waals surface area contributed by atoms with Crippen molar-refractivity contribution in [3.8, 4) is 0 Å². The van der Waals surface area contributed by atoms with E-state index in [0.29, 0.717) is 30.6 Å². The zero-order chi connectivity index (χ0) is 14.9. The standard InChI is InChI=1S/C13H21N3O3S2/c14-8-12-7-13(10-20-12)21(17,18)16-2-1-11(9-16)15-3-5-19-6-4-15/h7,10-11H,1-6,8-9,14H2. The van der Waals surface area contributed by atoms with Gasteiger partial charge in [0.15, 0.2) is 0 Å². The molecule has 1 unspecified atom stereocenters. The van der Waals surface area contributed by atoms with Crippen LogP contribution in [0.3, 0.4) is 0 Å². The van der Waals surface area contributed by atoms with Crippen LogP contribution in [0.2, 0.25) is 0 Å². The van der Waals surface area contributed by atoms with Gasteiger partial charge in [0.05, 0.1) is 18.1 Å². The summed E-state index contributed by atoms with van der Waals surface area (Å²) in [7, 11) is -3.37. The van der Waals surface area contributed by atoms with Crippen LogP contribution in [0, 0.1) is 0 Å². The smallest absolute Gasteiger partial charge is 0.243 e. The maximum atomic E-state index is 12.6. The van der Waals surface area contributed by atoms with Gasteiger partial charge in [-0.1, -0.05) is 0 Å². The van der Waals surface area contributed by atoms with Crippen LogP contribution in [-0.4, -0.2) is 63.1 Å². The molecule has 3 rings (SSSR count). The Kier molecular flexibility index (Phi) is 4.63. The van der Waals surface area contributed by atoms with Crippen molar-refractivity contribution in [2.24, 2.45) is 5.73 Å². The summed E-state index contributed by atoms with van der Waals surface area (Å²) in [6.45, 7) is 4.84. The number of rotatable bonds is 4. The topological polar surface area (TPSA) is 75.9 Å². The van der Waals surface area contributed by atoms with Crippen LogP contribution in [0.25, 0.3) is 0 Å². The fourth-order valence-corrected chi connectivity index (χ4v) is 5.56. The zero-order valence-electron chi connectivity index (χ0n) is 11.9. The van der Waals surface area contributed by atoms with Gasteiger partial charge in [0, 0.05) is 49.0 Å². The average molecular weight is 331 g/mol. The summed E-state index contributed by atoms with van der Waals surface area (Å²) in [5.41, 5.74) is 5.56. The molecule has 2 aliphatic rings. The van der Waals surface area contributed by atoms with E-state index in [0.717, 1.165) is 37.6 Å². The first-order valence-electron chi connectivity index (χ1n) is 7.20. The summed E-state index contributed by atoms with van der Waals surface area (Å²) in [5, 5.41) is 1.69. The second-order valence-corrected chi connectivity index (χ2v) is 8.34. The number of nitrogens with two attached hydrogens (primary N) is 1. The Balaban J connectivity index is 1.69. The SMILES string of the molecule is NCc1cc(S(=O)(=O)N2CCC(N3CCOCC3)C2)cs1. The van der Waals surface area contributed by atoms with Gasteiger partial charge in [-0.25, -0.2) is 8.42 Å². The van der Waals surface area contributed by atoms with E-state index < -0.39 is 10.0 Å². The highest BCUT2D eigenvalue weighted by Crippen LogP contribution is 2.27. The molecule has 1 atom stereocenters. The summed E-state index contributed by atoms with van der Waals surface area (Å²) in [6.07, 6.45) is 0.896. The summed E-state index contributed by atoms with van der Waals surface area (Å²) >= 11 is 1.41. The van der Waals surface area contributed by atoms with Gasteiger partial charge >= 0.3 is 0 Å². The summed E-state index contributed by atoms with van der Waals surface area (Å²) < 4.78 is 32.2. The Morgan fingerprint density at radius 1 is 1.33 bits per heavy atom. The van der Waals surface area contributed by atoms with Gasteiger partial charge in [-0.3, -0.25) is 4.90 Å². The van der Waals surface area contributed by atoms with E-state index in [2.05, 4.69) is 4.90 Å². The van der Waals surface area contributed by atoms with E-state index in [1.54, 1.807) is 15.8 Å². The molecule has 0 aliphatic carbocycles. The van der Waals surface area contributed by atoms with Gasteiger partial charge in [0.25, 0.3) is 0 Å². The first kappa shape index (κ1) is 15.4. The maximum absolute atomic E-state index is 12.6. The minimum Gasteiger partial charge on any atom is -0.379 e. The second kappa shape index (κ2) is 6.31. The number of morpholine rings is 1. The number of hydrogen-bond donors (Lipinski definition) is 1. The van der Waals surface area contributed by atoms with Crippen molar-refractivity contribution in [1.82, 2.24) is 9.21 Å². The molecular formula is C13H21N3O3S2. The summed E-state index contributed by atoms with van der Waals surface area (Å²) in [6, 6.07) is 2.01. The van der Waals surface area contributed by atoms with Crippen molar-refractivity contribution in [2.45, 2.75) is 23.9 Å². The fraction of sp³-hybridized carbons (Fsp3) is 0.692. The highest BCUT2D eigenvalue weighted by atomic mass is 32.2. The first-order valence-corrected chi connectivity index (χ1v) is 9.52. The molecule has 118 valence electrons. The summed E-state index contributed by atoms with van der Waals surface area (Å²) in [5.74, 6) is 0.